The third-order valence-electron chi connectivity index (χ3n) is 3.93. The zero-order valence-corrected chi connectivity index (χ0v) is 15.5. The molecular formula is C15H25N3O3S2. The first-order valence-corrected chi connectivity index (χ1v) is 10.2. The summed E-state index contributed by atoms with van der Waals surface area (Å²) in [6.07, 6.45) is 1.96. The zero-order chi connectivity index (χ0) is 17.0. The number of urea groups is 1. The molecule has 0 unspecified atom stereocenters. The number of carbonyl (C=O) groups excluding carboxylic acids is 1. The molecule has 8 heteroatoms. The van der Waals surface area contributed by atoms with Crippen LogP contribution in [0.2, 0.25) is 0 Å². The second kappa shape index (κ2) is 7.63. The van der Waals surface area contributed by atoms with Crippen LogP contribution in [0.5, 0.6) is 0 Å². The Kier molecular flexibility index (Phi) is 6.05. The van der Waals surface area contributed by atoms with Gasteiger partial charge in [-0.25, -0.2) is 13.2 Å². The van der Waals surface area contributed by atoms with Gasteiger partial charge in [-0.3, -0.25) is 0 Å². The Morgan fingerprint density at radius 2 is 1.96 bits per heavy atom. The second-order valence-corrected chi connectivity index (χ2v) is 9.35. The quantitative estimate of drug-likeness (QED) is 0.877. The van der Waals surface area contributed by atoms with E-state index in [0.29, 0.717) is 30.4 Å². The Labute approximate surface area is 142 Å². The summed E-state index contributed by atoms with van der Waals surface area (Å²) in [7, 11) is -3.43. The van der Waals surface area contributed by atoms with Gasteiger partial charge >= 0.3 is 6.03 Å². The maximum Gasteiger partial charge on any atom is 0.317 e. The Morgan fingerprint density at radius 3 is 2.48 bits per heavy atom. The number of aryl methyl sites for hydroxylation is 1. The molecule has 0 spiro atoms. The van der Waals surface area contributed by atoms with Crippen molar-refractivity contribution in [2.24, 2.45) is 0 Å². The van der Waals surface area contributed by atoms with Gasteiger partial charge < -0.3 is 10.2 Å². The average molecular weight is 360 g/mol. The predicted molar refractivity (Wildman–Crippen MR) is 92.3 cm³/mol. The summed E-state index contributed by atoms with van der Waals surface area (Å²) in [5.41, 5.74) is 0. The largest absolute Gasteiger partial charge is 0.336 e. The third-order valence-corrected chi connectivity index (χ3v) is 7.29. The standard InChI is InChI=1S/C15H25N3O3S2/c1-4-5-12(2)16-15(19)17-8-10-18(11-9-17)23(20,21)14-7-6-13(3)22-14/h6-7,12H,4-5,8-11H2,1-3H3,(H,16,19)/t12-/m1/s1. The summed E-state index contributed by atoms with van der Waals surface area (Å²) in [4.78, 5) is 14.8. The van der Waals surface area contributed by atoms with Crippen LogP contribution < -0.4 is 5.32 Å². The van der Waals surface area contributed by atoms with Crippen molar-refractivity contribution in [3.05, 3.63) is 17.0 Å². The molecule has 0 saturated carbocycles. The van der Waals surface area contributed by atoms with E-state index in [1.165, 1.54) is 15.6 Å². The molecule has 23 heavy (non-hydrogen) atoms. The number of hydrogen-bond donors (Lipinski definition) is 1. The highest BCUT2D eigenvalue weighted by atomic mass is 32.2. The van der Waals surface area contributed by atoms with E-state index in [0.717, 1.165) is 17.7 Å². The molecule has 0 aromatic carbocycles. The van der Waals surface area contributed by atoms with Crippen LogP contribution in [-0.2, 0) is 10.0 Å². The first kappa shape index (κ1) is 18.2. The van der Waals surface area contributed by atoms with E-state index in [-0.39, 0.29) is 12.1 Å². The van der Waals surface area contributed by atoms with E-state index in [4.69, 9.17) is 0 Å². The molecule has 1 atom stereocenters. The van der Waals surface area contributed by atoms with Crippen molar-refractivity contribution < 1.29 is 13.2 Å². The first-order chi connectivity index (χ1) is 10.8. The zero-order valence-electron chi connectivity index (χ0n) is 13.9. The first-order valence-electron chi connectivity index (χ1n) is 7.96. The van der Waals surface area contributed by atoms with Gasteiger partial charge in [0.2, 0.25) is 0 Å². The van der Waals surface area contributed by atoms with Crippen LogP contribution in [-0.4, -0.2) is 55.9 Å². The van der Waals surface area contributed by atoms with Gasteiger partial charge in [0.15, 0.2) is 0 Å². The van der Waals surface area contributed by atoms with Crippen molar-refractivity contribution >= 4 is 27.4 Å². The predicted octanol–water partition coefficient (Wildman–Crippen LogP) is 2.26. The van der Waals surface area contributed by atoms with Crippen LogP contribution in [0.25, 0.3) is 0 Å². The molecule has 0 radical (unpaired) electrons. The SMILES string of the molecule is CCC[C@@H](C)NC(=O)N1CCN(S(=O)(=O)c2ccc(C)s2)CC1. The van der Waals surface area contributed by atoms with Gasteiger partial charge in [-0.05, 0) is 32.4 Å². The number of thiophene rings is 1. The van der Waals surface area contributed by atoms with E-state index in [1.807, 2.05) is 19.9 Å². The summed E-state index contributed by atoms with van der Waals surface area (Å²) in [5, 5.41) is 2.96. The average Bonchev–Trinajstić information content (AvgIpc) is 2.95. The molecule has 2 amide bonds. The summed E-state index contributed by atoms with van der Waals surface area (Å²) in [6.45, 7) is 7.50. The van der Waals surface area contributed by atoms with E-state index in [1.54, 1.807) is 11.0 Å². The number of sulfonamides is 1. The Hall–Kier alpha value is -1.12. The van der Waals surface area contributed by atoms with Crippen molar-refractivity contribution in [3.63, 3.8) is 0 Å². The molecule has 1 N–H and O–H groups in total. The fraction of sp³-hybridized carbons (Fsp3) is 0.667. The van der Waals surface area contributed by atoms with Crippen LogP contribution in [0.1, 0.15) is 31.6 Å². The monoisotopic (exact) mass is 359 g/mol. The lowest BCUT2D eigenvalue weighted by atomic mass is 10.2. The topological polar surface area (TPSA) is 69.7 Å². The molecule has 1 aromatic rings. The number of carbonyl (C=O) groups is 1. The molecule has 0 bridgehead atoms. The van der Waals surface area contributed by atoms with Crippen LogP contribution in [0.15, 0.2) is 16.3 Å². The number of nitrogens with one attached hydrogen (secondary N) is 1. The van der Waals surface area contributed by atoms with Gasteiger partial charge in [-0.1, -0.05) is 13.3 Å². The van der Waals surface area contributed by atoms with Gasteiger partial charge in [0, 0.05) is 37.1 Å². The molecular weight excluding hydrogens is 334 g/mol. The summed E-state index contributed by atoms with van der Waals surface area (Å²) in [6, 6.07) is 3.51. The smallest absolute Gasteiger partial charge is 0.317 e. The van der Waals surface area contributed by atoms with Crippen LogP contribution in [0.4, 0.5) is 4.79 Å². The number of rotatable bonds is 5. The highest BCUT2D eigenvalue weighted by Crippen LogP contribution is 2.25. The van der Waals surface area contributed by atoms with Crippen LogP contribution in [0.3, 0.4) is 0 Å². The van der Waals surface area contributed by atoms with Gasteiger partial charge in [-0.2, -0.15) is 4.31 Å². The second-order valence-electron chi connectivity index (χ2n) is 5.90. The summed E-state index contributed by atoms with van der Waals surface area (Å²) >= 11 is 1.29. The normalized spacial score (nSPS) is 18.0. The minimum Gasteiger partial charge on any atom is -0.336 e. The van der Waals surface area contributed by atoms with Crippen molar-refractivity contribution in [3.8, 4) is 0 Å². The van der Waals surface area contributed by atoms with E-state index in [2.05, 4.69) is 12.2 Å². The fourth-order valence-electron chi connectivity index (χ4n) is 2.62. The molecule has 1 aliphatic rings. The van der Waals surface area contributed by atoms with Gasteiger partial charge in [0.25, 0.3) is 10.0 Å². The molecule has 1 aromatic heterocycles. The lowest BCUT2D eigenvalue weighted by Gasteiger charge is -2.34. The molecule has 1 saturated heterocycles. The van der Waals surface area contributed by atoms with E-state index >= 15 is 0 Å². The molecule has 2 rings (SSSR count). The van der Waals surface area contributed by atoms with Crippen LogP contribution in [0, 0.1) is 6.92 Å². The van der Waals surface area contributed by atoms with E-state index in [9.17, 15) is 13.2 Å². The lowest BCUT2D eigenvalue weighted by molar-refractivity contribution is 0.169. The van der Waals surface area contributed by atoms with Gasteiger partial charge in [0.05, 0.1) is 0 Å². The van der Waals surface area contributed by atoms with Gasteiger partial charge in [-0.15, -0.1) is 11.3 Å². The maximum atomic E-state index is 12.6. The Balaban J connectivity index is 1.92. The third kappa shape index (κ3) is 4.45. The molecule has 1 aliphatic heterocycles. The molecule has 2 heterocycles. The van der Waals surface area contributed by atoms with Crippen molar-refractivity contribution in [1.29, 1.82) is 0 Å². The summed E-state index contributed by atoms with van der Waals surface area (Å²) < 4.78 is 27.0. The minimum absolute atomic E-state index is 0.102. The number of nitrogens with zero attached hydrogens (tertiary/aromatic N) is 2. The fourth-order valence-corrected chi connectivity index (χ4v) is 5.48. The van der Waals surface area contributed by atoms with E-state index < -0.39 is 10.0 Å². The maximum absolute atomic E-state index is 12.6. The van der Waals surface area contributed by atoms with Gasteiger partial charge in [0.1, 0.15) is 4.21 Å². The highest BCUT2D eigenvalue weighted by Gasteiger charge is 2.31. The number of piperazine rings is 1. The minimum atomic E-state index is -3.43. The molecule has 6 nitrogen and oxygen atoms in total. The van der Waals surface area contributed by atoms with Crippen molar-refractivity contribution in [1.82, 2.24) is 14.5 Å². The van der Waals surface area contributed by atoms with Crippen molar-refractivity contribution in [2.45, 2.75) is 43.9 Å². The molecule has 1 fully saturated rings. The molecule has 130 valence electrons. The summed E-state index contributed by atoms with van der Waals surface area (Å²) in [5.74, 6) is 0. The lowest BCUT2D eigenvalue weighted by Crippen LogP contribution is -2.54. The molecule has 0 aliphatic carbocycles. The van der Waals surface area contributed by atoms with Crippen LogP contribution >= 0.6 is 11.3 Å². The Morgan fingerprint density at radius 1 is 1.30 bits per heavy atom. The number of hydrogen-bond acceptors (Lipinski definition) is 4. The highest BCUT2D eigenvalue weighted by molar-refractivity contribution is 7.91. The van der Waals surface area contributed by atoms with Crippen molar-refractivity contribution in [2.75, 3.05) is 26.2 Å². The number of amides is 2. The Bertz CT molecular complexity index is 634.